The number of nitrogens with one attached hydrogen (secondary N) is 1. The lowest BCUT2D eigenvalue weighted by Gasteiger charge is -2.13. The zero-order valence-electron chi connectivity index (χ0n) is 17.3. The smallest absolute Gasteiger partial charge is 0.308 e. The number of halogens is 6. The summed E-state index contributed by atoms with van der Waals surface area (Å²) in [5, 5.41) is 11.8. The molecule has 176 valence electrons. The normalized spacial score (nSPS) is 15.0. The Kier molecular flexibility index (Phi) is 6.80. The van der Waals surface area contributed by atoms with Gasteiger partial charge in [-0.2, -0.15) is 23.4 Å². The predicted molar refractivity (Wildman–Crippen MR) is 122 cm³/mol. The van der Waals surface area contributed by atoms with Gasteiger partial charge < -0.3 is 5.32 Å². The molecule has 1 amide bonds. The van der Waals surface area contributed by atoms with Gasteiger partial charge in [0.15, 0.2) is 11.5 Å². The molecule has 0 aliphatic heterocycles. The van der Waals surface area contributed by atoms with Crippen LogP contribution in [-0.2, 0) is 24.1 Å². The zero-order chi connectivity index (χ0) is 23.9. The van der Waals surface area contributed by atoms with Crippen LogP contribution in [0, 0.1) is 5.92 Å². The number of hydrogen-bond acceptors (Lipinski definition) is 3. The first-order chi connectivity index (χ1) is 15.5. The van der Waals surface area contributed by atoms with E-state index < -0.39 is 17.8 Å². The van der Waals surface area contributed by atoms with Crippen LogP contribution in [0.5, 0.6) is 0 Å². The molecule has 1 atom stereocenters. The molecular formula is C21H19BrCl2F3N5O. The number of carbonyl (C=O) groups excluding carboxylic acids is 1. The van der Waals surface area contributed by atoms with Crippen molar-refractivity contribution >= 4 is 50.9 Å². The number of anilines is 1. The fourth-order valence-corrected chi connectivity index (χ4v) is 4.28. The molecule has 1 aliphatic carbocycles. The average molecular weight is 565 g/mol. The molecular weight excluding hydrogens is 546 g/mol. The van der Waals surface area contributed by atoms with E-state index in [2.05, 4.69) is 31.4 Å². The van der Waals surface area contributed by atoms with E-state index in [4.69, 9.17) is 23.2 Å². The summed E-state index contributed by atoms with van der Waals surface area (Å²) in [6.07, 6.45) is -1.18. The van der Waals surface area contributed by atoms with Crippen molar-refractivity contribution in [2.45, 2.75) is 44.9 Å². The van der Waals surface area contributed by atoms with Gasteiger partial charge in [-0.25, -0.2) is 0 Å². The Morgan fingerprint density at radius 1 is 1.27 bits per heavy atom. The van der Waals surface area contributed by atoms with Crippen LogP contribution in [-0.4, -0.2) is 25.5 Å². The van der Waals surface area contributed by atoms with Gasteiger partial charge >= 0.3 is 6.18 Å². The maximum absolute atomic E-state index is 13.1. The summed E-state index contributed by atoms with van der Waals surface area (Å²) >= 11 is 15.5. The van der Waals surface area contributed by atoms with Crippen molar-refractivity contribution < 1.29 is 18.0 Å². The highest BCUT2D eigenvalue weighted by atomic mass is 79.9. The molecule has 2 aromatic heterocycles. The number of amides is 1. The molecule has 1 fully saturated rings. The summed E-state index contributed by atoms with van der Waals surface area (Å²) < 4.78 is 42.8. The summed E-state index contributed by atoms with van der Waals surface area (Å²) in [6, 6.07) is 6.23. The largest absolute Gasteiger partial charge is 0.435 e. The minimum Gasteiger partial charge on any atom is -0.308 e. The molecule has 0 saturated heterocycles. The highest BCUT2D eigenvalue weighted by molar-refractivity contribution is 9.10. The Balaban J connectivity index is 1.44. The molecule has 1 saturated carbocycles. The first kappa shape index (κ1) is 24.1. The van der Waals surface area contributed by atoms with Crippen LogP contribution in [0.15, 0.2) is 34.9 Å². The molecule has 0 bridgehead atoms. The minimum absolute atomic E-state index is 0.0342. The molecule has 4 rings (SSSR count). The van der Waals surface area contributed by atoms with Crippen LogP contribution in [0.25, 0.3) is 0 Å². The molecule has 1 aliphatic rings. The summed E-state index contributed by atoms with van der Waals surface area (Å²) in [4.78, 5) is 12.7. The van der Waals surface area contributed by atoms with Crippen molar-refractivity contribution in [1.82, 2.24) is 19.6 Å². The lowest BCUT2D eigenvalue weighted by atomic mass is 10.1. The topological polar surface area (TPSA) is 64.7 Å². The SMILES string of the molecule is CC(Cn1nc(C(F)(F)F)cc1C1CC1)C(=O)Nc1nn(Cc2ccc(Cl)cc2Cl)cc1Br. The van der Waals surface area contributed by atoms with Gasteiger partial charge in [-0.05, 0) is 52.5 Å². The zero-order valence-corrected chi connectivity index (χ0v) is 20.4. The van der Waals surface area contributed by atoms with E-state index >= 15 is 0 Å². The summed E-state index contributed by atoms with van der Waals surface area (Å²) in [5.74, 6) is -0.647. The Bertz CT molecular complexity index is 1190. The lowest BCUT2D eigenvalue weighted by molar-refractivity contribution is -0.141. The van der Waals surface area contributed by atoms with E-state index in [0.29, 0.717) is 32.6 Å². The van der Waals surface area contributed by atoms with Gasteiger partial charge in [0.05, 0.1) is 23.5 Å². The van der Waals surface area contributed by atoms with Gasteiger partial charge in [-0.3, -0.25) is 14.2 Å². The second-order valence-electron chi connectivity index (χ2n) is 8.06. The first-order valence-corrected chi connectivity index (χ1v) is 11.7. The Morgan fingerprint density at radius 3 is 2.64 bits per heavy atom. The van der Waals surface area contributed by atoms with Crippen LogP contribution >= 0.6 is 39.1 Å². The molecule has 1 aromatic carbocycles. The van der Waals surface area contributed by atoms with Crippen LogP contribution in [0.1, 0.15) is 42.6 Å². The van der Waals surface area contributed by atoms with Crippen LogP contribution < -0.4 is 5.32 Å². The Labute approximate surface area is 206 Å². The van der Waals surface area contributed by atoms with Crippen LogP contribution in [0.3, 0.4) is 0 Å². The van der Waals surface area contributed by atoms with E-state index in [0.717, 1.165) is 24.5 Å². The Hall–Kier alpha value is -2.04. The molecule has 33 heavy (non-hydrogen) atoms. The number of hydrogen-bond donors (Lipinski definition) is 1. The fraction of sp³-hybridized carbons (Fsp3) is 0.381. The van der Waals surface area contributed by atoms with E-state index in [9.17, 15) is 18.0 Å². The first-order valence-electron chi connectivity index (χ1n) is 10.1. The van der Waals surface area contributed by atoms with Gasteiger partial charge in [0, 0.05) is 27.9 Å². The third-order valence-electron chi connectivity index (χ3n) is 5.30. The third-order valence-corrected chi connectivity index (χ3v) is 6.46. The maximum Gasteiger partial charge on any atom is 0.435 e. The second-order valence-corrected chi connectivity index (χ2v) is 9.76. The van der Waals surface area contributed by atoms with Gasteiger partial charge in [0.1, 0.15) is 0 Å². The maximum atomic E-state index is 13.1. The molecule has 2 heterocycles. The van der Waals surface area contributed by atoms with Gasteiger partial charge in [0.2, 0.25) is 5.91 Å². The van der Waals surface area contributed by atoms with E-state index in [-0.39, 0.29) is 18.4 Å². The van der Waals surface area contributed by atoms with E-state index in [1.807, 2.05) is 0 Å². The second kappa shape index (κ2) is 9.31. The molecule has 1 N–H and O–H groups in total. The number of alkyl halides is 3. The highest BCUT2D eigenvalue weighted by Gasteiger charge is 2.38. The molecule has 6 nitrogen and oxygen atoms in total. The average Bonchev–Trinajstić information content (AvgIpc) is 3.38. The number of nitrogens with zero attached hydrogens (tertiary/aromatic N) is 4. The lowest BCUT2D eigenvalue weighted by Crippen LogP contribution is -2.26. The van der Waals surface area contributed by atoms with Gasteiger partial charge in [0.25, 0.3) is 0 Å². The van der Waals surface area contributed by atoms with E-state index in [1.165, 1.54) is 4.68 Å². The van der Waals surface area contributed by atoms with Gasteiger partial charge in [-0.15, -0.1) is 0 Å². The quantitative estimate of drug-likeness (QED) is 0.363. The summed E-state index contributed by atoms with van der Waals surface area (Å²) in [5.41, 5.74) is 0.390. The third kappa shape index (κ3) is 5.73. The van der Waals surface area contributed by atoms with Crippen molar-refractivity contribution in [2.24, 2.45) is 5.92 Å². The number of carbonyl (C=O) groups is 1. The monoisotopic (exact) mass is 563 g/mol. The van der Waals surface area contributed by atoms with Crippen molar-refractivity contribution in [1.29, 1.82) is 0 Å². The fourth-order valence-electron chi connectivity index (χ4n) is 3.39. The van der Waals surface area contributed by atoms with Gasteiger partial charge in [-0.1, -0.05) is 36.2 Å². The minimum atomic E-state index is -4.52. The summed E-state index contributed by atoms with van der Waals surface area (Å²) in [7, 11) is 0. The van der Waals surface area contributed by atoms with Crippen molar-refractivity contribution in [3.63, 3.8) is 0 Å². The summed E-state index contributed by atoms with van der Waals surface area (Å²) in [6.45, 7) is 2.03. The molecule has 0 spiro atoms. The van der Waals surface area contributed by atoms with Crippen molar-refractivity contribution in [2.75, 3.05) is 5.32 Å². The highest BCUT2D eigenvalue weighted by Crippen LogP contribution is 2.42. The molecule has 3 aromatic rings. The molecule has 12 heteroatoms. The van der Waals surface area contributed by atoms with Crippen molar-refractivity contribution in [3.05, 3.63) is 61.9 Å². The van der Waals surface area contributed by atoms with Crippen LogP contribution in [0.4, 0.5) is 19.0 Å². The number of rotatable bonds is 7. The molecule has 0 radical (unpaired) electrons. The number of benzene rings is 1. The molecule has 1 unspecified atom stereocenters. The van der Waals surface area contributed by atoms with E-state index in [1.54, 1.807) is 36.0 Å². The standard InChI is InChI=1S/C21H19BrCl2F3N5O/c1-11(8-32-17(12-2-3-12)7-18(29-32)21(25,26)27)20(33)28-19-15(22)10-31(30-19)9-13-4-5-14(23)6-16(13)24/h4-7,10-12H,2-3,8-9H2,1H3,(H,28,30,33). The Morgan fingerprint density at radius 2 is 2.00 bits per heavy atom. The number of aromatic nitrogens is 4. The van der Waals surface area contributed by atoms with Crippen LogP contribution in [0.2, 0.25) is 10.0 Å². The predicted octanol–water partition coefficient (Wildman–Crippen LogP) is 6.37. The van der Waals surface area contributed by atoms with Crippen molar-refractivity contribution in [3.8, 4) is 0 Å².